The zero-order valence-electron chi connectivity index (χ0n) is 12.8. The highest BCUT2D eigenvalue weighted by atomic mass is 32.1. The van der Waals surface area contributed by atoms with E-state index < -0.39 is 0 Å². The van der Waals surface area contributed by atoms with E-state index in [1.165, 1.54) is 23.3 Å². The average molecular weight is 302 g/mol. The minimum absolute atomic E-state index is 0.292. The van der Waals surface area contributed by atoms with Crippen molar-refractivity contribution in [1.82, 2.24) is 15.3 Å². The van der Waals surface area contributed by atoms with Crippen LogP contribution < -0.4 is 10.2 Å². The van der Waals surface area contributed by atoms with E-state index in [9.17, 15) is 0 Å². The molecular formula is C16H22N4S. The Kier molecular flexibility index (Phi) is 4.22. The number of rotatable bonds is 6. The van der Waals surface area contributed by atoms with E-state index >= 15 is 0 Å². The summed E-state index contributed by atoms with van der Waals surface area (Å²) in [5, 5.41) is 5.63. The van der Waals surface area contributed by atoms with Crippen molar-refractivity contribution in [3.05, 3.63) is 39.8 Å². The lowest BCUT2D eigenvalue weighted by atomic mass is 10.2. The van der Waals surface area contributed by atoms with Gasteiger partial charge in [-0.3, -0.25) is 0 Å². The van der Waals surface area contributed by atoms with E-state index in [1.54, 1.807) is 11.3 Å². The predicted molar refractivity (Wildman–Crippen MR) is 87.8 cm³/mol. The second-order valence-corrected chi connectivity index (χ2v) is 6.72. The van der Waals surface area contributed by atoms with Crippen LogP contribution in [0.3, 0.4) is 0 Å². The second kappa shape index (κ2) is 6.12. The Morgan fingerprint density at radius 2 is 2.29 bits per heavy atom. The summed E-state index contributed by atoms with van der Waals surface area (Å²) in [6, 6.07) is 5.25. The number of nitrogens with zero attached hydrogens (tertiary/aromatic N) is 3. The van der Waals surface area contributed by atoms with Gasteiger partial charge in [0, 0.05) is 42.0 Å². The summed E-state index contributed by atoms with van der Waals surface area (Å²) >= 11 is 1.77. The van der Waals surface area contributed by atoms with E-state index in [0.717, 1.165) is 18.2 Å². The number of thiophene rings is 1. The SMILES string of the molecule is Cc1nc(N(C)C(C)c2cccs2)ncc1CNC1CC1. The Morgan fingerprint density at radius 3 is 2.90 bits per heavy atom. The highest BCUT2D eigenvalue weighted by Gasteiger charge is 2.21. The van der Waals surface area contributed by atoms with Crippen molar-refractivity contribution in [2.45, 2.75) is 45.3 Å². The molecule has 21 heavy (non-hydrogen) atoms. The van der Waals surface area contributed by atoms with Gasteiger partial charge in [-0.1, -0.05) is 6.07 Å². The minimum atomic E-state index is 0.292. The van der Waals surface area contributed by atoms with Gasteiger partial charge in [0.2, 0.25) is 5.95 Å². The molecule has 0 radical (unpaired) electrons. The van der Waals surface area contributed by atoms with Crippen molar-refractivity contribution in [2.24, 2.45) is 0 Å². The summed E-state index contributed by atoms with van der Waals surface area (Å²) < 4.78 is 0. The van der Waals surface area contributed by atoms with Gasteiger partial charge in [-0.2, -0.15) is 0 Å². The van der Waals surface area contributed by atoms with E-state index in [1.807, 2.05) is 6.20 Å². The smallest absolute Gasteiger partial charge is 0.225 e. The number of aryl methyl sites for hydroxylation is 1. The summed E-state index contributed by atoms with van der Waals surface area (Å²) in [7, 11) is 2.06. The summed E-state index contributed by atoms with van der Waals surface area (Å²) in [5.41, 5.74) is 2.27. The van der Waals surface area contributed by atoms with Crippen molar-refractivity contribution in [1.29, 1.82) is 0 Å². The molecule has 0 aromatic carbocycles. The standard InChI is InChI=1S/C16H22N4S/c1-11-13(9-17-14-6-7-14)10-18-16(19-11)20(3)12(2)15-5-4-8-21-15/h4-5,8,10,12,14,17H,6-7,9H2,1-3H3. The largest absolute Gasteiger partial charge is 0.336 e. The fraction of sp³-hybridized carbons (Fsp3) is 0.500. The van der Waals surface area contributed by atoms with Crippen LogP contribution in [0, 0.1) is 6.92 Å². The molecule has 3 rings (SSSR count). The number of aromatic nitrogens is 2. The molecule has 1 unspecified atom stereocenters. The quantitative estimate of drug-likeness (QED) is 0.889. The molecule has 0 spiro atoms. The van der Waals surface area contributed by atoms with Crippen LogP contribution in [0.1, 0.15) is 41.9 Å². The lowest BCUT2D eigenvalue weighted by molar-refractivity contribution is 0.674. The molecule has 1 fully saturated rings. The van der Waals surface area contributed by atoms with Gasteiger partial charge in [-0.05, 0) is 38.1 Å². The molecule has 1 aliphatic carbocycles. The third-order valence-electron chi connectivity index (χ3n) is 4.08. The van der Waals surface area contributed by atoms with Crippen LogP contribution in [-0.2, 0) is 6.54 Å². The van der Waals surface area contributed by atoms with Gasteiger partial charge in [-0.15, -0.1) is 11.3 Å². The van der Waals surface area contributed by atoms with Gasteiger partial charge in [0.25, 0.3) is 0 Å². The lowest BCUT2D eigenvalue weighted by Gasteiger charge is -2.24. The Morgan fingerprint density at radius 1 is 1.48 bits per heavy atom. The first-order valence-electron chi connectivity index (χ1n) is 7.47. The zero-order chi connectivity index (χ0) is 14.8. The van der Waals surface area contributed by atoms with Crippen molar-refractivity contribution in [3.63, 3.8) is 0 Å². The highest BCUT2D eigenvalue weighted by Crippen LogP contribution is 2.26. The molecule has 112 valence electrons. The molecule has 1 atom stereocenters. The molecule has 1 aliphatic rings. The first-order chi connectivity index (χ1) is 10.1. The summed E-state index contributed by atoms with van der Waals surface area (Å²) in [5.74, 6) is 0.795. The van der Waals surface area contributed by atoms with E-state index in [0.29, 0.717) is 12.1 Å². The highest BCUT2D eigenvalue weighted by molar-refractivity contribution is 7.10. The van der Waals surface area contributed by atoms with Crippen LogP contribution >= 0.6 is 11.3 Å². The maximum atomic E-state index is 4.68. The van der Waals surface area contributed by atoms with Crippen molar-refractivity contribution < 1.29 is 0 Å². The van der Waals surface area contributed by atoms with Crippen molar-refractivity contribution in [2.75, 3.05) is 11.9 Å². The molecule has 1 N–H and O–H groups in total. The molecule has 2 aromatic rings. The number of hydrogen-bond acceptors (Lipinski definition) is 5. The third-order valence-corrected chi connectivity index (χ3v) is 5.12. The maximum Gasteiger partial charge on any atom is 0.225 e. The molecule has 5 heteroatoms. The Balaban J connectivity index is 1.71. The fourth-order valence-corrected chi connectivity index (χ4v) is 3.08. The van der Waals surface area contributed by atoms with Crippen LogP contribution in [-0.4, -0.2) is 23.1 Å². The van der Waals surface area contributed by atoms with Gasteiger partial charge in [0.15, 0.2) is 0 Å². The molecule has 0 saturated heterocycles. The number of nitrogens with one attached hydrogen (secondary N) is 1. The first kappa shape index (κ1) is 14.5. The minimum Gasteiger partial charge on any atom is -0.336 e. The molecule has 0 bridgehead atoms. The zero-order valence-corrected chi connectivity index (χ0v) is 13.7. The van der Waals surface area contributed by atoms with Gasteiger partial charge in [0.1, 0.15) is 0 Å². The molecule has 0 amide bonds. The molecule has 0 aliphatic heterocycles. The first-order valence-corrected chi connectivity index (χ1v) is 8.35. The number of anilines is 1. The molecule has 1 saturated carbocycles. The van der Waals surface area contributed by atoms with Crippen LogP contribution in [0.15, 0.2) is 23.7 Å². The summed E-state index contributed by atoms with van der Waals surface area (Å²) in [6.45, 7) is 5.13. The van der Waals surface area contributed by atoms with Crippen molar-refractivity contribution in [3.8, 4) is 0 Å². The Bertz CT molecular complexity index is 592. The van der Waals surface area contributed by atoms with Gasteiger partial charge >= 0.3 is 0 Å². The molecular weight excluding hydrogens is 280 g/mol. The predicted octanol–water partition coefficient (Wildman–Crippen LogP) is 3.30. The van der Waals surface area contributed by atoms with Crippen molar-refractivity contribution >= 4 is 17.3 Å². The molecule has 2 aromatic heterocycles. The van der Waals surface area contributed by atoms with Crippen LogP contribution in [0.4, 0.5) is 5.95 Å². The van der Waals surface area contributed by atoms with Crippen LogP contribution in [0.5, 0.6) is 0 Å². The van der Waals surface area contributed by atoms with Gasteiger partial charge in [0.05, 0.1) is 6.04 Å². The lowest BCUT2D eigenvalue weighted by Crippen LogP contribution is -2.24. The normalized spacial score (nSPS) is 16.0. The summed E-state index contributed by atoms with van der Waals surface area (Å²) in [4.78, 5) is 12.7. The third kappa shape index (κ3) is 3.41. The number of hydrogen-bond donors (Lipinski definition) is 1. The topological polar surface area (TPSA) is 41.1 Å². The van der Waals surface area contributed by atoms with Gasteiger partial charge in [-0.25, -0.2) is 9.97 Å². The maximum absolute atomic E-state index is 4.68. The monoisotopic (exact) mass is 302 g/mol. The Labute approximate surface area is 130 Å². The van der Waals surface area contributed by atoms with E-state index in [-0.39, 0.29) is 0 Å². The van der Waals surface area contributed by atoms with E-state index in [4.69, 9.17) is 0 Å². The van der Waals surface area contributed by atoms with Crippen LogP contribution in [0.2, 0.25) is 0 Å². The Hall–Kier alpha value is -1.46. The summed E-state index contributed by atoms with van der Waals surface area (Å²) in [6.07, 6.45) is 4.57. The fourth-order valence-electron chi connectivity index (χ4n) is 2.26. The van der Waals surface area contributed by atoms with Gasteiger partial charge < -0.3 is 10.2 Å². The molecule has 4 nitrogen and oxygen atoms in total. The second-order valence-electron chi connectivity index (χ2n) is 5.74. The average Bonchev–Trinajstić information content (AvgIpc) is 3.15. The van der Waals surface area contributed by atoms with E-state index in [2.05, 4.69) is 58.6 Å². The molecule has 2 heterocycles. The van der Waals surface area contributed by atoms with Crippen LogP contribution in [0.25, 0.3) is 0 Å².